The zero-order valence-corrected chi connectivity index (χ0v) is 16.3. The van der Waals surface area contributed by atoms with E-state index in [0.29, 0.717) is 6.04 Å². The van der Waals surface area contributed by atoms with Gasteiger partial charge in [-0.1, -0.05) is 49.6 Å². The van der Waals surface area contributed by atoms with Gasteiger partial charge in [0.1, 0.15) is 16.9 Å². The van der Waals surface area contributed by atoms with E-state index in [4.69, 9.17) is 4.74 Å². The third kappa shape index (κ3) is 4.59. The minimum atomic E-state index is 0.0490. The standard InChI is InChI=1S/C22H26N2O2S/c25-22(23-18-9-3-1-4-10-18)24-14-15-27-21(24)17-8-7-13-20(16-17)26-19-11-5-2-6-12-19/h2,5-8,11-13,16,18,21H,1,3-4,9-10,14-15H2,(H,23,25). The SMILES string of the molecule is O=C(NC1CCCCC1)N1CCSC1c1cccc(Oc2ccccc2)c1. The molecule has 0 radical (unpaired) electrons. The minimum absolute atomic E-state index is 0.0490. The molecule has 4 rings (SSSR count). The van der Waals surface area contributed by atoms with Crippen LogP contribution in [0.1, 0.15) is 43.0 Å². The molecule has 5 heteroatoms. The van der Waals surface area contributed by atoms with E-state index >= 15 is 0 Å². The van der Waals surface area contributed by atoms with Crippen molar-refractivity contribution in [2.24, 2.45) is 0 Å². The lowest BCUT2D eigenvalue weighted by Gasteiger charge is -2.29. The van der Waals surface area contributed by atoms with Gasteiger partial charge in [-0.2, -0.15) is 0 Å². The highest BCUT2D eigenvalue weighted by atomic mass is 32.2. The van der Waals surface area contributed by atoms with Crippen LogP contribution in [0.15, 0.2) is 54.6 Å². The average Bonchev–Trinajstić information content (AvgIpc) is 3.20. The van der Waals surface area contributed by atoms with Gasteiger partial charge in [0.2, 0.25) is 0 Å². The van der Waals surface area contributed by atoms with Crippen molar-refractivity contribution >= 4 is 17.8 Å². The topological polar surface area (TPSA) is 41.6 Å². The first-order valence-electron chi connectivity index (χ1n) is 9.81. The van der Waals surface area contributed by atoms with E-state index in [2.05, 4.69) is 17.4 Å². The second-order valence-electron chi connectivity index (χ2n) is 7.19. The van der Waals surface area contributed by atoms with Crippen molar-refractivity contribution in [3.63, 3.8) is 0 Å². The maximum Gasteiger partial charge on any atom is 0.318 e. The van der Waals surface area contributed by atoms with Crippen LogP contribution in [0.3, 0.4) is 0 Å². The Kier molecular flexibility index (Phi) is 5.87. The number of nitrogens with one attached hydrogen (secondary N) is 1. The first-order valence-corrected chi connectivity index (χ1v) is 10.9. The molecule has 0 bridgehead atoms. The highest BCUT2D eigenvalue weighted by molar-refractivity contribution is 7.99. The minimum Gasteiger partial charge on any atom is -0.457 e. The number of rotatable bonds is 4. The number of carbonyl (C=O) groups excluding carboxylic acids is 1. The van der Waals surface area contributed by atoms with Gasteiger partial charge in [0.15, 0.2) is 0 Å². The predicted octanol–water partition coefficient (Wildman–Crippen LogP) is 5.57. The summed E-state index contributed by atoms with van der Waals surface area (Å²) in [4.78, 5) is 14.8. The molecule has 1 saturated heterocycles. The molecular formula is C22H26N2O2S. The van der Waals surface area contributed by atoms with Crippen molar-refractivity contribution in [1.29, 1.82) is 0 Å². The summed E-state index contributed by atoms with van der Waals surface area (Å²) in [5.74, 6) is 2.59. The molecule has 27 heavy (non-hydrogen) atoms. The van der Waals surface area contributed by atoms with E-state index in [9.17, 15) is 4.79 Å². The largest absolute Gasteiger partial charge is 0.457 e. The molecule has 1 heterocycles. The number of benzene rings is 2. The number of amides is 2. The van der Waals surface area contributed by atoms with Gasteiger partial charge in [-0.3, -0.25) is 0 Å². The lowest BCUT2D eigenvalue weighted by Crippen LogP contribution is -2.45. The molecule has 2 aromatic rings. The fraction of sp³-hybridized carbons (Fsp3) is 0.409. The highest BCUT2D eigenvalue weighted by Crippen LogP contribution is 2.39. The van der Waals surface area contributed by atoms with Gasteiger partial charge in [0.05, 0.1) is 0 Å². The van der Waals surface area contributed by atoms with Gasteiger partial charge in [-0.15, -0.1) is 11.8 Å². The third-order valence-corrected chi connectivity index (χ3v) is 6.47. The van der Waals surface area contributed by atoms with Crippen molar-refractivity contribution < 1.29 is 9.53 Å². The summed E-state index contributed by atoms with van der Waals surface area (Å²) < 4.78 is 5.97. The van der Waals surface area contributed by atoms with Crippen LogP contribution in [0, 0.1) is 0 Å². The van der Waals surface area contributed by atoms with Gasteiger partial charge in [0.25, 0.3) is 0 Å². The van der Waals surface area contributed by atoms with Gasteiger partial charge in [0, 0.05) is 18.3 Å². The summed E-state index contributed by atoms with van der Waals surface area (Å²) >= 11 is 1.82. The monoisotopic (exact) mass is 382 g/mol. The number of carbonyl (C=O) groups is 1. The van der Waals surface area contributed by atoms with Crippen molar-refractivity contribution in [2.45, 2.75) is 43.5 Å². The Morgan fingerprint density at radius 2 is 1.78 bits per heavy atom. The van der Waals surface area contributed by atoms with Gasteiger partial charge in [-0.25, -0.2) is 4.79 Å². The average molecular weight is 383 g/mol. The van der Waals surface area contributed by atoms with Crippen LogP contribution in [0.4, 0.5) is 4.79 Å². The maximum atomic E-state index is 12.8. The van der Waals surface area contributed by atoms with Crippen LogP contribution in [0.2, 0.25) is 0 Å². The Hall–Kier alpha value is -2.14. The molecule has 0 spiro atoms. The molecule has 2 amide bonds. The quantitative estimate of drug-likeness (QED) is 0.752. The molecular weight excluding hydrogens is 356 g/mol. The van der Waals surface area contributed by atoms with Crippen LogP contribution in [0.5, 0.6) is 11.5 Å². The maximum absolute atomic E-state index is 12.8. The fourth-order valence-electron chi connectivity index (χ4n) is 3.81. The Morgan fingerprint density at radius 1 is 1.00 bits per heavy atom. The van der Waals surface area contributed by atoms with E-state index in [1.807, 2.05) is 59.1 Å². The summed E-state index contributed by atoms with van der Waals surface area (Å²) in [6.45, 7) is 0.789. The van der Waals surface area contributed by atoms with Crippen molar-refractivity contribution in [1.82, 2.24) is 10.2 Å². The molecule has 142 valence electrons. The molecule has 2 aliphatic rings. The molecule has 1 N–H and O–H groups in total. The Labute approximate surface area is 165 Å². The van der Waals surface area contributed by atoms with Crippen molar-refractivity contribution in [3.8, 4) is 11.5 Å². The number of urea groups is 1. The van der Waals surface area contributed by atoms with Crippen LogP contribution < -0.4 is 10.1 Å². The predicted molar refractivity (Wildman–Crippen MR) is 110 cm³/mol. The number of hydrogen-bond donors (Lipinski definition) is 1. The zero-order valence-electron chi connectivity index (χ0n) is 15.5. The van der Waals surface area contributed by atoms with E-state index in [0.717, 1.165) is 42.2 Å². The first-order chi connectivity index (χ1) is 13.3. The van der Waals surface area contributed by atoms with E-state index in [1.165, 1.54) is 19.3 Å². The summed E-state index contributed by atoms with van der Waals surface area (Å²) in [6.07, 6.45) is 5.96. The molecule has 2 aromatic carbocycles. The second-order valence-corrected chi connectivity index (χ2v) is 8.38. The lowest BCUT2D eigenvalue weighted by atomic mass is 9.96. The Bertz CT molecular complexity index is 762. The highest BCUT2D eigenvalue weighted by Gasteiger charge is 2.32. The third-order valence-electron chi connectivity index (χ3n) is 5.21. The molecule has 1 aliphatic heterocycles. The van der Waals surface area contributed by atoms with Crippen molar-refractivity contribution in [3.05, 3.63) is 60.2 Å². The van der Waals surface area contributed by atoms with Crippen LogP contribution in [-0.4, -0.2) is 29.3 Å². The van der Waals surface area contributed by atoms with Crippen molar-refractivity contribution in [2.75, 3.05) is 12.3 Å². The van der Waals surface area contributed by atoms with E-state index < -0.39 is 0 Å². The van der Waals surface area contributed by atoms with Gasteiger partial charge in [-0.05, 0) is 42.7 Å². The smallest absolute Gasteiger partial charge is 0.318 e. The molecule has 2 fully saturated rings. The molecule has 1 aliphatic carbocycles. The van der Waals surface area contributed by atoms with Crippen LogP contribution >= 0.6 is 11.8 Å². The number of para-hydroxylation sites is 1. The van der Waals surface area contributed by atoms with E-state index in [1.54, 1.807) is 0 Å². The first kappa shape index (κ1) is 18.2. The summed E-state index contributed by atoms with van der Waals surface area (Å²) in [6, 6.07) is 18.3. The summed E-state index contributed by atoms with van der Waals surface area (Å²) in [5.41, 5.74) is 1.12. The van der Waals surface area contributed by atoms with E-state index in [-0.39, 0.29) is 11.4 Å². The number of ether oxygens (including phenoxy) is 1. The molecule has 1 atom stereocenters. The summed E-state index contributed by atoms with van der Waals surface area (Å²) in [7, 11) is 0. The Morgan fingerprint density at radius 3 is 2.59 bits per heavy atom. The molecule has 1 saturated carbocycles. The van der Waals surface area contributed by atoms with Gasteiger partial charge < -0.3 is 15.0 Å². The Balaban J connectivity index is 1.45. The fourth-order valence-corrected chi connectivity index (χ4v) is 5.06. The normalized spacial score (nSPS) is 20.4. The number of hydrogen-bond acceptors (Lipinski definition) is 3. The zero-order chi connectivity index (χ0) is 18.5. The summed E-state index contributed by atoms with van der Waals surface area (Å²) in [5, 5.41) is 3.31. The molecule has 1 unspecified atom stereocenters. The number of nitrogens with zero attached hydrogens (tertiary/aromatic N) is 1. The molecule has 4 nitrogen and oxygen atoms in total. The second kappa shape index (κ2) is 8.70. The van der Waals surface area contributed by atoms with Crippen LogP contribution in [-0.2, 0) is 0 Å². The number of thioether (sulfide) groups is 1. The molecule has 0 aromatic heterocycles. The van der Waals surface area contributed by atoms with Crippen LogP contribution in [0.25, 0.3) is 0 Å². The lowest BCUT2D eigenvalue weighted by molar-refractivity contribution is 0.192. The van der Waals surface area contributed by atoms with Gasteiger partial charge >= 0.3 is 6.03 Å².